The van der Waals surface area contributed by atoms with Crippen LogP contribution in [0.5, 0.6) is 0 Å². The van der Waals surface area contributed by atoms with Crippen molar-refractivity contribution < 1.29 is 39.3 Å². The van der Waals surface area contributed by atoms with E-state index in [0.29, 0.717) is 0 Å². The van der Waals surface area contributed by atoms with Crippen LogP contribution in [0.25, 0.3) is 0 Å². The van der Waals surface area contributed by atoms with Crippen molar-refractivity contribution in [1.29, 1.82) is 0 Å². The monoisotopic (exact) mass is 240 g/mol. The zero-order chi connectivity index (χ0) is 10.3. The summed E-state index contributed by atoms with van der Waals surface area (Å²) in [6, 6.07) is -1.69. The second-order valence-electron chi connectivity index (χ2n) is 2.22. The minimum absolute atomic E-state index is 0. The number of aliphatic carboxylic acids is 2. The van der Waals surface area contributed by atoms with Crippen LogP contribution in [0.15, 0.2) is 0 Å². The first-order valence-corrected chi connectivity index (χ1v) is 3.22. The molecule has 0 aliphatic heterocycles. The molecule has 0 aromatic carbocycles. The van der Waals surface area contributed by atoms with Crippen molar-refractivity contribution in [3.05, 3.63) is 0 Å². The van der Waals surface area contributed by atoms with Crippen molar-refractivity contribution in [2.75, 3.05) is 0 Å². The molecular formula is C6H12N2O4Zn. The van der Waals surface area contributed by atoms with Gasteiger partial charge in [-0.25, -0.2) is 0 Å². The van der Waals surface area contributed by atoms with Crippen molar-refractivity contribution in [1.82, 2.24) is 0 Å². The largest absolute Gasteiger partial charge is 2.00 e. The van der Waals surface area contributed by atoms with Gasteiger partial charge in [0.05, 0.1) is 11.9 Å². The second-order valence-corrected chi connectivity index (χ2v) is 2.22. The van der Waals surface area contributed by atoms with Crippen molar-refractivity contribution in [3.63, 3.8) is 0 Å². The van der Waals surface area contributed by atoms with E-state index in [9.17, 15) is 19.8 Å². The van der Waals surface area contributed by atoms with Crippen LogP contribution in [0.4, 0.5) is 0 Å². The number of carboxylic acids is 2. The summed E-state index contributed by atoms with van der Waals surface area (Å²) in [7, 11) is 0. The molecule has 0 bridgehead atoms. The van der Waals surface area contributed by atoms with Gasteiger partial charge in [-0.05, 0) is 13.8 Å². The minimum Gasteiger partial charge on any atom is -0.548 e. The second kappa shape index (κ2) is 9.57. The van der Waals surface area contributed by atoms with Crippen molar-refractivity contribution in [2.45, 2.75) is 25.9 Å². The Labute approximate surface area is 89.0 Å². The van der Waals surface area contributed by atoms with Gasteiger partial charge in [-0.15, -0.1) is 0 Å². The third-order valence-electron chi connectivity index (χ3n) is 0.744. The molecule has 0 radical (unpaired) electrons. The van der Waals surface area contributed by atoms with Gasteiger partial charge in [0.1, 0.15) is 0 Å². The summed E-state index contributed by atoms with van der Waals surface area (Å²) in [5, 5.41) is 18.9. The van der Waals surface area contributed by atoms with Gasteiger partial charge in [0, 0.05) is 12.1 Å². The number of hydrogen-bond acceptors (Lipinski definition) is 6. The van der Waals surface area contributed by atoms with Gasteiger partial charge in [-0.2, -0.15) is 0 Å². The zero-order valence-electron chi connectivity index (χ0n) is 7.65. The Morgan fingerprint density at radius 3 is 1.08 bits per heavy atom. The first-order chi connectivity index (χ1) is 5.29. The fourth-order valence-corrected chi connectivity index (χ4v) is 0. The van der Waals surface area contributed by atoms with Crippen molar-refractivity contribution in [3.8, 4) is 0 Å². The summed E-state index contributed by atoms with van der Waals surface area (Å²) in [6.45, 7) is 2.71. The van der Waals surface area contributed by atoms with Crippen molar-refractivity contribution >= 4 is 11.9 Å². The first-order valence-electron chi connectivity index (χ1n) is 3.22. The van der Waals surface area contributed by atoms with E-state index in [1.807, 2.05) is 0 Å². The maximum absolute atomic E-state index is 9.46. The Kier molecular flexibility index (Phi) is 13.5. The van der Waals surface area contributed by atoms with E-state index in [1.54, 1.807) is 0 Å². The maximum Gasteiger partial charge on any atom is 2.00 e. The van der Waals surface area contributed by atoms with Crippen LogP contribution < -0.4 is 21.7 Å². The molecule has 13 heavy (non-hydrogen) atoms. The molecule has 4 N–H and O–H groups in total. The third kappa shape index (κ3) is 18.4. The first kappa shape index (κ1) is 18.3. The number of carboxylic acid groups (broad SMARTS) is 2. The predicted molar refractivity (Wildman–Crippen MR) is 37.3 cm³/mol. The van der Waals surface area contributed by atoms with Gasteiger partial charge >= 0.3 is 19.5 Å². The van der Waals surface area contributed by atoms with Gasteiger partial charge in [-0.1, -0.05) is 0 Å². The molecule has 2 unspecified atom stereocenters. The average Bonchev–Trinajstić information content (AvgIpc) is 1.88. The fourth-order valence-electron chi connectivity index (χ4n) is 0. The quantitative estimate of drug-likeness (QED) is 0.476. The Morgan fingerprint density at radius 1 is 1.00 bits per heavy atom. The summed E-state index contributed by atoms with van der Waals surface area (Å²) in [5.41, 5.74) is 9.55. The van der Waals surface area contributed by atoms with Crippen LogP contribution in [0.3, 0.4) is 0 Å². The molecule has 0 aliphatic rings. The Hall–Kier alpha value is -0.517. The van der Waals surface area contributed by atoms with Crippen LogP contribution >= 0.6 is 0 Å². The Bertz CT molecular complexity index is 143. The van der Waals surface area contributed by atoms with Gasteiger partial charge < -0.3 is 31.3 Å². The van der Waals surface area contributed by atoms with E-state index < -0.39 is 24.0 Å². The zero-order valence-corrected chi connectivity index (χ0v) is 10.6. The summed E-state index contributed by atoms with van der Waals surface area (Å²) in [6.07, 6.45) is 0. The number of carbonyl (C=O) groups excluding carboxylic acids is 2. The summed E-state index contributed by atoms with van der Waals surface area (Å²) in [5.74, 6) is -2.43. The number of rotatable bonds is 2. The van der Waals surface area contributed by atoms with E-state index >= 15 is 0 Å². The van der Waals surface area contributed by atoms with E-state index in [1.165, 1.54) is 13.8 Å². The molecule has 72 valence electrons. The molecule has 6 nitrogen and oxygen atoms in total. The SMILES string of the molecule is CC(N)C(=O)[O-].CC(N)C(=O)[O-].[Zn+2]. The van der Waals surface area contributed by atoms with Crippen LogP contribution in [0.2, 0.25) is 0 Å². The van der Waals surface area contributed by atoms with Crippen LogP contribution in [-0.2, 0) is 29.1 Å². The predicted octanol–water partition coefficient (Wildman–Crippen LogP) is -3.84. The van der Waals surface area contributed by atoms with E-state index in [2.05, 4.69) is 0 Å². The minimum atomic E-state index is -1.21. The van der Waals surface area contributed by atoms with E-state index in [-0.39, 0.29) is 19.5 Å². The average molecular weight is 242 g/mol. The van der Waals surface area contributed by atoms with E-state index in [4.69, 9.17) is 11.5 Å². The number of nitrogens with two attached hydrogens (primary N) is 2. The molecule has 0 aliphatic carbocycles. The molecule has 0 fully saturated rings. The Balaban J connectivity index is -0.000000143. The molecule has 0 aromatic heterocycles. The Morgan fingerprint density at radius 2 is 1.08 bits per heavy atom. The maximum atomic E-state index is 9.46. The third-order valence-corrected chi connectivity index (χ3v) is 0.744. The summed E-state index contributed by atoms with van der Waals surface area (Å²) < 4.78 is 0. The molecule has 0 saturated carbocycles. The smallest absolute Gasteiger partial charge is 0.548 e. The molecule has 0 spiro atoms. The summed E-state index contributed by atoms with van der Waals surface area (Å²) >= 11 is 0. The van der Waals surface area contributed by atoms with E-state index in [0.717, 1.165) is 0 Å². The van der Waals surface area contributed by atoms with Gasteiger partial charge in [-0.3, -0.25) is 0 Å². The van der Waals surface area contributed by atoms with Crippen LogP contribution in [0.1, 0.15) is 13.8 Å². The molecule has 2 atom stereocenters. The standard InChI is InChI=1S/2C3H7NO2.Zn/c2*1-2(4)3(5)6;/h2*2H,4H2,1H3,(H,5,6);/q;;+2/p-2. The number of hydrogen-bond donors (Lipinski definition) is 2. The van der Waals surface area contributed by atoms with Crippen molar-refractivity contribution in [2.24, 2.45) is 11.5 Å². The molecular weight excluding hydrogens is 229 g/mol. The molecule has 0 amide bonds. The molecule has 0 aromatic rings. The fraction of sp³-hybridized carbons (Fsp3) is 0.667. The van der Waals surface area contributed by atoms with Gasteiger partial charge in [0.25, 0.3) is 0 Å². The summed E-state index contributed by atoms with van der Waals surface area (Å²) in [4.78, 5) is 18.9. The molecule has 0 saturated heterocycles. The molecule has 0 rings (SSSR count). The molecule has 7 heteroatoms. The van der Waals surface area contributed by atoms with Crippen LogP contribution in [-0.4, -0.2) is 24.0 Å². The number of carbonyl (C=O) groups is 2. The van der Waals surface area contributed by atoms with Crippen LogP contribution in [0, 0.1) is 0 Å². The van der Waals surface area contributed by atoms with Gasteiger partial charge in [0.2, 0.25) is 0 Å². The normalized spacial score (nSPS) is 12.6. The van der Waals surface area contributed by atoms with Gasteiger partial charge in [0.15, 0.2) is 0 Å². The topological polar surface area (TPSA) is 132 Å². The molecule has 0 heterocycles.